The molecule has 0 unspecified atom stereocenters. The van der Waals surface area contributed by atoms with E-state index in [1.165, 1.54) is 70.3 Å². The topological polar surface area (TPSA) is 412 Å². The Labute approximate surface area is 517 Å². The fourth-order valence-corrected chi connectivity index (χ4v) is 10.5. The SMILES string of the molecule is CC(C)[C@H](NC(=O)[C@H](C)NC(=O)[C@H](CCCc1ccc(O)cc1)NC(=O)[C@H](O)CO)C(=O)N[C@@H]1C(=O)N[C@@H](CCc2ccc(O)cc2)C(=O)N[C@H]2CC[C@@H](O)N(C2=O)[C@@H]([C@H](C)O)C(=O)N(C)[C@@H](Cc2ccc(O)c(Br)c2)C(=O)N[C@@H](C(C)C)C(=O)O[C@@H]1C. The molecule has 482 valence electrons. The lowest BCUT2D eigenvalue weighted by atomic mass is 9.96. The first-order valence-corrected chi connectivity index (χ1v) is 29.8. The number of ether oxygens (including phenoxy) is 1. The van der Waals surface area contributed by atoms with Crippen LogP contribution < -0.4 is 37.2 Å². The van der Waals surface area contributed by atoms with Gasteiger partial charge in [-0.2, -0.15) is 0 Å². The number of phenols is 3. The molecule has 88 heavy (non-hydrogen) atoms. The number of aryl methyl sites for hydroxylation is 2. The summed E-state index contributed by atoms with van der Waals surface area (Å²) in [4.78, 5) is 145. The highest BCUT2D eigenvalue weighted by Crippen LogP contribution is 2.28. The Hall–Kier alpha value is -7.92. The molecular formula is C60H82BrN9O18. The lowest BCUT2D eigenvalue weighted by Crippen LogP contribution is -2.67. The third kappa shape index (κ3) is 19.3. The fraction of sp³-hybridized carbons (Fsp3) is 0.533. The van der Waals surface area contributed by atoms with Gasteiger partial charge >= 0.3 is 5.97 Å². The van der Waals surface area contributed by atoms with E-state index in [0.717, 1.165) is 10.5 Å². The van der Waals surface area contributed by atoms with Crippen molar-refractivity contribution in [2.24, 2.45) is 11.8 Å². The molecular weight excluding hydrogens is 1210 g/mol. The maximum absolute atomic E-state index is 15.0. The maximum atomic E-state index is 15.0. The average Bonchev–Trinajstić information content (AvgIpc) is 1.83. The van der Waals surface area contributed by atoms with Crippen molar-refractivity contribution in [3.8, 4) is 17.2 Å². The summed E-state index contributed by atoms with van der Waals surface area (Å²) in [6, 6.07) is 2.28. The summed E-state index contributed by atoms with van der Waals surface area (Å²) in [5, 5.41) is 89.9. The molecule has 5 rings (SSSR count). The van der Waals surface area contributed by atoms with E-state index in [0.29, 0.717) is 28.9 Å². The average molecular weight is 1300 g/mol. The number of nitrogens with zero attached hydrogens (tertiary/aromatic N) is 2. The lowest BCUT2D eigenvalue weighted by molar-refractivity contribution is -0.170. The lowest BCUT2D eigenvalue weighted by Gasteiger charge is -2.43. The number of aliphatic hydroxyl groups excluding tert-OH is 4. The van der Waals surface area contributed by atoms with Gasteiger partial charge in [0.2, 0.25) is 47.3 Å². The molecule has 28 heteroatoms. The van der Waals surface area contributed by atoms with Gasteiger partial charge in [-0.15, -0.1) is 0 Å². The molecule has 2 saturated heterocycles. The standard InChI is InChI=1S/C60H82BrN9O18/c1-29(2)47(66-51(78)31(5)62-52(79)40(63-55(82)45(76)28-71)11-9-10-34-12-18-37(73)19-13-34)56(83)68-49-33(7)88-60(87)48(30(3)4)67-54(81)43(27-36-17-24-44(75)39(61)26-36)69(8)59(86)50(32(6)72)70-46(77)25-23-42(58(70)85)65-53(80)41(64-57(49)84)22-16-35-14-20-38(74)21-15-35/h12-15,17-21,24,26,29-33,40-43,45-50,71-77H,9-11,16,22-23,25,27-28H2,1-8H3,(H,62,79)(H,63,82)(H,64,84)(H,65,80)(H,66,78)(H,67,81)(H,68,83)/t31-,32-,33+,40-,41-,42-,43-,45+,46+,47-,48-,49-,50-/m0/s1. The molecule has 14 N–H and O–H groups in total. The van der Waals surface area contributed by atoms with Crippen LogP contribution in [-0.2, 0) is 71.9 Å². The van der Waals surface area contributed by atoms with Crippen molar-refractivity contribution in [1.29, 1.82) is 0 Å². The first-order chi connectivity index (χ1) is 41.4. The van der Waals surface area contributed by atoms with Crippen molar-refractivity contribution in [3.05, 3.63) is 87.9 Å². The van der Waals surface area contributed by atoms with E-state index in [1.54, 1.807) is 52.0 Å². The van der Waals surface area contributed by atoms with Crippen LogP contribution >= 0.6 is 15.9 Å². The largest absolute Gasteiger partial charge is 0.508 e. The van der Waals surface area contributed by atoms with Gasteiger partial charge in [-0.1, -0.05) is 58.0 Å². The molecule has 0 radical (unpaired) electrons. The van der Waals surface area contributed by atoms with Crippen LogP contribution in [0.4, 0.5) is 0 Å². The smallest absolute Gasteiger partial charge is 0.329 e. The molecule has 2 fully saturated rings. The second-order valence-electron chi connectivity index (χ2n) is 22.9. The van der Waals surface area contributed by atoms with Crippen LogP contribution in [0.2, 0.25) is 0 Å². The number of esters is 1. The quantitative estimate of drug-likeness (QED) is 0.0587. The molecule has 0 saturated carbocycles. The summed E-state index contributed by atoms with van der Waals surface area (Å²) in [6.07, 6.45) is -7.12. The highest BCUT2D eigenvalue weighted by atomic mass is 79.9. The number of aromatic hydroxyl groups is 3. The number of phenolic OH excluding ortho intramolecular Hbond substituents is 3. The molecule has 2 heterocycles. The minimum atomic E-state index is -1.92. The summed E-state index contributed by atoms with van der Waals surface area (Å²) in [5.41, 5.74) is 1.76. The van der Waals surface area contributed by atoms with Crippen LogP contribution in [0.15, 0.2) is 71.2 Å². The zero-order valence-corrected chi connectivity index (χ0v) is 51.9. The number of fused-ring (bicyclic) bond motifs is 2. The van der Waals surface area contributed by atoms with Gasteiger partial charge in [0.05, 0.1) is 17.2 Å². The van der Waals surface area contributed by atoms with E-state index in [1.807, 2.05) is 0 Å². The molecule has 2 bridgehead atoms. The first-order valence-electron chi connectivity index (χ1n) is 29.0. The normalized spacial score (nSPS) is 23.4. The molecule has 2 aliphatic rings. The van der Waals surface area contributed by atoms with Gasteiger partial charge < -0.3 is 87.5 Å². The van der Waals surface area contributed by atoms with E-state index < -0.39 is 156 Å². The van der Waals surface area contributed by atoms with Crippen LogP contribution in [0.5, 0.6) is 17.2 Å². The Morgan fingerprint density at radius 3 is 1.89 bits per heavy atom. The third-order valence-corrected chi connectivity index (χ3v) is 16.0. The number of piperidine rings is 1. The van der Waals surface area contributed by atoms with Gasteiger partial charge in [-0.25, -0.2) is 4.79 Å². The molecule has 9 amide bonds. The van der Waals surface area contributed by atoms with Gasteiger partial charge in [-0.3, -0.25) is 43.2 Å². The van der Waals surface area contributed by atoms with Crippen molar-refractivity contribution >= 4 is 75.1 Å². The van der Waals surface area contributed by atoms with E-state index in [-0.39, 0.29) is 60.2 Å². The van der Waals surface area contributed by atoms with Gasteiger partial charge in [0.15, 0.2) is 6.10 Å². The van der Waals surface area contributed by atoms with Gasteiger partial charge in [0.25, 0.3) is 5.91 Å². The number of aliphatic hydroxyl groups is 4. The molecule has 0 aliphatic carbocycles. The highest BCUT2D eigenvalue weighted by Gasteiger charge is 2.47. The molecule has 2 aliphatic heterocycles. The van der Waals surface area contributed by atoms with E-state index >= 15 is 0 Å². The molecule has 3 aromatic carbocycles. The van der Waals surface area contributed by atoms with Crippen molar-refractivity contribution < 1.29 is 88.4 Å². The van der Waals surface area contributed by atoms with Crippen LogP contribution in [0, 0.1) is 11.8 Å². The highest BCUT2D eigenvalue weighted by molar-refractivity contribution is 9.10. The second kappa shape index (κ2) is 32.3. The predicted molar refractivity (Wildman–Crippen MR) is 319 cm³/mol. The number of benzene rings is 3. The number of hydrogen-bond acceptors (Lipinski definition) is 18. The summed E-state index contributed by atoms with van der Waals surface area (Å²) >= 11 is 3.25. The van der Waals surface area contributed by atoms with E-state index in [9.17, 15) is 83.7 Å². The first kappa shape index (κ1) is 70.8. The summed E-state index contributed by atoms with van der Waals surface area (Å²) in [5.74, 6) is -11.9. The Morgan fingerprint density at radius 2 is 1.32 bits per heavy atom. The zero-order chi connectivity index (χ0) is 65.4. The van der Waals surface area contributed by atoms with Gasteiger partial charge in [0.1, 0.15) is 84.0 Å². The zero-order valence-electron chi connectivity index (χ0n) is 50.3. The monoisotopic (exact) mass is 1300 g/mol. The molecule has 3 aromatic rings. The number of hydrogen-bond donors (Lipinski definition) is 14. The van der Waals surface area contributed by atoms with Crippen LogP contribution in [-0.4, -0.2) is 197 Å². The van der Waals surface area contributed by atoms with Gasteiger partial charge in [0, 0.05) is 13.5 Å². The summed E-state index contributed by atoms with van der Waals surface area (Å²) < 4.78 is 6.16. The number of nitrogens with one attached hydrogen (secondary N) is 7. The predicted octanol–water partition coefficient (Wildman–Crippen LogP) is -0.695. The number of cyclic esters (lactones) is 1. The van der Waals surface area contributed by atoms with Crippen LogP contribution in [0.3, 0.4) is 0 Å². The van der Waals surface area contributed by atoms with E-state index in [2.05, 4.69) is 53.1 Å². The number of amides is 9. The number of likely N-dealkylation sites (N-methyl/N-ethyl adjacent to an activating group) is 1. The van der Waals surface area contributed by atoms with Crippen molar-refractivity contribution in [2.45, 2.75) is 179 Å². The second-order valence-corrected chi connectivity index (χ2v) is 23.8. The molecule has 13 atom stereocenters. The molecule has 0 spiro atoms. The Balaban J connectivity index is 1.52. The number of carbonyl (C=O) groups is 10. The Bertz CT molecular complexity index is 2970. The number of carbonyl (C=O) groups excluding carboxylic acids is 10. The van der Waals surface area contributed by atoms with Crippen LogP contribution in [0.1, 0.15) is 97.3 Å². The molecule has 0 aromatic heterocycles. The van der Waals surface area contributed by atoms with Crippen LogP contribution in [0.25, 0.3) is 0 Å². The fourth-order valence-electron chi connectivity index (χ4n) is 10.1. The summed E-state index contributed by atoms with van der Waals surface area (Å²) in [7, 11) is 1.22. The van der Waals surface area contributed by atoms with Crippen molar-refractivity contribution in [3.63, 3.8) is 0 Å². The minimum Gasteiger partial charge on any atom is -0.508 e. The van der Waals surface area contributed by atoms with Crippen molar-refractivity contribution in [2.75, 3.05) is 13.7 Å². The third-order valence-electron chi connectivity index (χ3n) is 15.3. The summed E-state index contributed by atoms with van der Waals surface area (Å²) in [6.45, 7) is 8.96. The van der Waals surface area contributed by atoms with Crippen molar-refractivity contribution in [1.82, 2.24) is 47.0 Å². The van der Waals surface area contributed by atoms with Gasteiger partial charge in [-0.05, 0) is 147 Å². The van der Waals surface area contributed by atoms with E-state index in [4.69, 9.17) is 4.74 Å². The Kier molecular flexibility index (Phi) is 26.0. The molecule has 27 nitrogen and oxygen atoms in total. The Morgan fingerprint density at radius 1 is 0.716 bits per heavy atom. The minimum absolute atomic E-state index is 0.0121. The number of halogens is 1. The number of rotatable bonds is 21. The maximum Gasteiger partial charge on any atom is 0.329 e.